The summed E-state index contributed by atoms with van der Waals surface area (Å²) in [6, 6.07) is 0. The summed E-state index contributed by atoms with van der Waals surface area (Å²) >= 11 is 0. The van der Waals surface area contributed by atoms with Crippen LogP contribution in [0.15, 0.2) is 0 Å². The predicted octanol–water partition coefficient (Wildman–Crippen LogP) is 1.76. The SMILES string of the molecule is CC(C)CC1CCCN(C(=O)C2(N)CC2)C1. The van der Waals surface area contributed by atoms with Crippen LogP contribution in [0.5, 0.6) is 0 Å². The molecule has 16 heavy (non-hydrogen) atoms. The Hall–Kier alpha value is -0.570. The molecule has 1 aliphatic carbocycles. The molecule has 1 unspecified atom stereocenters. The minimum Gasteiger partial charge on any atom is -0.341 e. The Kier molecular flexibility index (Phi) is 3.24. The lowest BCUT2D eigenvalue weighted by atomic mass is 9.89. The first-order chi connectivity index (χ1) is 7.51. The number of carbonyl (C=O) groups is 1. The van der Waals surface area contributed by atoms with Crippen LogP contribution in [-0.2, 0) is 4.79 Å². The van der Waals surface area contributed by atoms with E-state index >= 15 is 0 Å². The van der Waals surface area contributed by atoms with Gasteiger partial charge in [0.1, 0.15) is 0 Å². The molecule has 1 amide bonds. The zero-order chi connectivity index (χ0) is 11.8. The summed E-state index contributed by atoms with van der Waals surface area (Å²) < 4.78 is 0. The number of piperidine rings is 1. The summed E-state index contributed by atoms with van der Waals surface area (Å²) in [6.45, 7) is 6.38. The van der Waals surface area contributed by atoms with Crippen molar-refractivity contribution in [1.29, 1.82) is 0 Å². The quantitative estimate of drug-likeness (QED) is 0.794. The fourth-order valence-electron chi connectivity index (χ4n) is 2.77. The molecule has 2 fully saturated rings. The lowest BCUT2D eigenvalue weighted by molar-refractivity contribution is -0.135. The van der Waals surface area contributed by atoms with Crippen molar-refractivity contribution in [2.24, 2.45) is 17.6 Å². The van der Waals surface area contributed by atoms with Crippen molar-refractivity contribution in [3.05, 3.63) is 0 Å². The van der Waals surface area contributed by atoms with Crippen LogP contribution in [0, 0.1) is 11.8 Å². The first-order valence-corrected chi connectivity index (χ1v) is 6.59. The van der Waals surface area contributed by atoms with Gasteiger partial charge in [0.15, 0.2) is 0 Å². The van der Waals surface area contributed by atoms with Crippen molar-refractivity contribution in [3.63, 3.8) is 0 Å². The number of carbonyl (C=O) groups excluding carboxylic acids is 1. The number of hydrogen-bond acceptors (Lipinski definition) is 2. The average Bonchev–Trinajstić information content (AvgIpc) is 2.96. The zero-order valence-corrected chi connectivity index (χ0v) is 10.5. The van der Waals surface area contributed by atoms with Gasteiger partial charge < -0.3 is 10.6 Å². The van der Waals surface area contributed by atoms with E-state index in [0.717, 1.165) is 38.3 Å². The molecule has 0 radical (unpaired) electrons. The molecule has 0 aromatic heterocycles. The van der Waals surface area contributed by atoms with Gasteiger partial charge in [-0.25, -0.2) is 0 Å². The molecule has 1 heterocycles. The highest BCUT2D eigenvalue weighted by atomic mass is 16.2. The maximum Gasteiger partial charge on any atom is 0.242 e. The van der Waals surface area contributed by atoms with Gasteiger partial charge in [0, 0.05) is 13.1 Å². The first kappa shape index (κ1) is 11.9. The van der Waals surface area contributed by atoms with E-state index in [2.05, 4.69) is 13.8 Å². The molecule has 2 rings (SSSR count). The van der Waals surface area contributed by atoms with Crippen molar-refractivity contribution in [3.8, 4) is 0 Å². The number of nitrogens with two attached hydrogens (primary N) is 1. The van der Waals surface area contributed by atoms with E-state index in [0.29, 0.717) is 5.92 Å². The van der Waals surface area contributed by atoms with Crippen molar-refractivity contribution < 1.29 is 4.79 Å². The van der Waals surface area contributed by atoms with E-state index < -0.39 is 5.54 Å². The molecular formula is C13H24N2O. The maximum absolute atomic E-state index is 12.1. The van der Waals surface area contributed by atoms with E-state index in [9.17, 15) is 4.79 Å². The summed E-state index contributed by atoms with van der Waals surface area (Å²) in [7, 11) is 0. The molecule has 1 aliphatic heterocycles. The fourth-order valence-corrected chi connectivity index (χ4v) is 2.77. The molecular weight excluding hydrogens is 200 g/mol. The Morgan fingerprint density at radius 1 is 1.50 bits per heavy atom. The molecule has 3 heteroatoms. The number of likely N-dealkylation sites (tertiary alicyclic amines) is 1. The van der Waals surface area contributed by atoms with Gasteiger partial charge in [-0.05, 0) is 43.9 Å². The minimum atomic E-state index is -0.472. The summed E-state index contributed by atoms with van der Waals surface area (Å²) in [4.78, 5) is 14.1. The van der Waals surface area contributed by atoms with Gasteiger partial charge in [-0.15, -0.1) is 0 Å². The smallest absolute Gasteiger partial charge is 0.242 e. The second-order valence-electron chi connectivity index (χ2n) is 6.05. The number of nitrogens with zero attached hydrogens (tertiary/aromatic N) is 1. The van der Waals surface area contributed by atoms with Gasteiger partial charge in [0.05, 0.1) is 5.54 Å². The Bertz CT molecular complexity index is 271. The van der Waals surface area contributed by atoms with Crippen LogP contribution in [0.2, 0.25) is 0 Å². The Labute approximate surface area is 98.4 Å². The third kappa shape index (κ3) is 2.57. The second kappa shape index (κ2) is 4.36. The van der Waals surface area contributed by atoms with Crippen LogP contribution in [0.3, 0.4) is 0 Å². The van der Waals surface area contributed by atoms with Gasteiger partial charge in [0.25, 0.3) is 0 Å². The van der Waals surface area contributed by atoms with E-state index in [1.807, 2.05) is 4.90 Å². The van der Waals surface area contributed by atoms with Gasteiger partial charge in [-0.1, -0.05) is 13.8 Å². The third-order valence-corrected chi connectivity index (χ3v) is 3.83. The van der Waals surface area contributed by atoms with Gasteiger partial charge in [-0.2, -0.15) is 0 Å². The van der Waals surface area contributed by atoms with Gasteiger partial charge >= 0.3 is 0 Å². The molecule has 1 saturated carbocycles. The van der Waals surface area contributed by atoms with E-state index in [-0.39, 0.29) is 5.91 Å². The molecule has 2 N–H and O–H groups in total. The predicted molar refractivity (Wildman–Crippen MR) is 64.9 cm³/mol. The second-order valence-corrected chi connectivity index (χ2v) is 6.05. The van der Waals surface area contributed by atoms with Crippen molar-refractivity contribution in [2.75, 3.05) is 13.1 Å². The van der Waals surface area contributed by atoms with Crippen molar-refractivity contribution >= 4 is 5.91 Å². The summed E-state index contributed by atoms with van der Waals surface area (Å²) in [5.74, 6) is 1.63. The molecule has 1 saturated heterocycles. The van der Waals surface area contributed by atoms with Crippen molar-refractivity contribution in [2.45, 2.75) is 51.5 Å². The maximum atomic E-state index is 12.1. The summed E-state index contributed by atoms with van der Waals surface area (Å²) in [6.07, 6.45) is 5.44. The average molecular weight is 224 g/mol. The number of amides is 1. The van der Waals surface area contributed by atoms with Crippen molar-refractivity contribution in [1.82, 2.24) is 4.90 Å². The van der Waals surface area contributed by atoms with E-state index in [1.54, 1.807) is 0 Å². The molecule has 1 atom stereocenters. The highest BCUT2D eigenvalue weighted by Gasteiger charge is 2.48. The van der Waals surface area contributed by atoms with Gasteiger partial charge in [-0.3, -0.25) is 4.79 Å². The minimum absolute atomic E-state index is 0.209. The van der Waals surface area contributed by atoms with Gasteiger partial charge in [0.2, 0.25) is 5.91 Å². The van der Waals surface area contributed by atoms with Crippen LogP contribution in [0.1, 0.15) is 46.0 Å². The first-order valence-electron chi connectivity index (χ1n) is 6.59. The topological polar surface area (TPSA) is 46.3 Å². The van der Waals surface area contributed by atoms with Crippen LogP contribution in [-0.4, -0.2) is 29.4 Å². The molecule has 0 bridgehead atoms. The highest BCUT2D eigenvalue weighted by Crippen LogP contribution is 2.35. The number of hydrogen-bond donors (Lipinski definition) is 1. The monoisotopic (exact) mass is 224 g/mol. The third-order valence-electron chi connectivity index (χ3n) is 3.83. The standard InChI is InChI=1S/C13H24N2O/c1-10(2)8-11-4-3-7-15(9-11)12(16)13(14)5-6-13/h10-11H,3-9,14H2,1-2H3. The van der Waals surface area contributed by atoms with E-state index in [1.165, 1.54) is 12.8 Å². The molecule has 2 aliphatic rings. The van der Waals surface area contributed by atoms with Crippen LogP contribution in [0.4, 0.5) is 0 Å². The lowest BCUT2D eigenvalue weighted by Gasteiger charge is -2.35. The molecule has 0 spiro atoms. The summed E-state index contributed by atoms with van der Waals surface area (Å²) in [5, 5.41) is 0. The summed E-state index contributed by atoms with van der Waals surface area (Å²) in [5.41, 5.74) is 5.50. The molecule has 0 aromatic rings. The van der Waals surface area contributed by atoms with Crippen LogP contribution >= 0.6 is 0 Å². The Morgan fingerprint density at radius 2 is 2.19 bits per heavy atom. The molecule has 92 valence electrons. The normalized spacial score (nSPS) is 28.2. The largest absolute Gasteiger partial charge is 0.341 e. The van der Waals surface area contributed by atoms with E-state index in [4.69, 9.17) is 5.73 Å². The lowest BCUT2D eigenvalue weighted by Crippen LogP contribution is -2.49. The molecule has 3 nitrogen and oxygen atoms in total. The molecule has 0 aromatic carbocycles. The van der Waals surface area contributed by atoms with Crippen LogP contribution in [0.25, 0.3) is 0 Å². The number of rotatable bonds is 3. The Balaban J connectivity index is 1.89. The highest BCUT2D eigenvalue weighted by molar-refractivity contribution is 5.89. The fraction of sp³-hybridized carbons (Fsp3) is 0.923. The zero-order valence-electron chi connectivity index (χ0n) is 10.5. The Morgan fingerprint density at radius 3 is 2.75 bits per heavy atom. The van der Waals surface area contributed by atoms with Crippen LogP contribution < -0.4 is 5.73 Å².